The van der Waals surface area contributed by atoms with Crippen molar-refractivity contribution in [3.05, 3.63) is 64.0 Å². The van der Waals surface area contributed by atoms with Gasteiger partial charge in [0.15, 0.2) is 0 Å². The number of pyridine rings is 1. The van der Waals surface area contributed by atoms with Crippen LogP contribution >= 0.6 is 0 Å². The van der Waals surface area contributed by atoms with Crippen molar-refractivity contribution in [3.63, 3.8) is 0 Å². The van der Waals surface area contributed by atoms with Gasteiger partial charge < -0.3 is 10.6 Å². The van der Waals surface area contributed by atoms with Crippen LogP contribution in [0.15, 0.2) is 42.7 Å². The van der Waals surface area contributed by atoms with Gasteiger partial charge in [-0.3, -0.25) is 24.7 Å². The molecule has 1 aromatic carbocycles. The fourth-order valence-electron chi connectivity index (χ4n) is 1.84. The molecular formula is C15H14N4O4. The number of hydrogen-bond acceptors (Lipinski definition) is 5. The molecule has 0 radical (unpaired) electrons. The van der Waals surface area contributed by atoms with Crippen molar-refractivity contribution in [2.45, 2.75) is 13.5 Å². The Morgan fingerprint density at radius 3 is 2.52 bits per heavy atom. The first kappa shape index (κ1) is 16.1. The van der Waals surface area contributed by atoms with E-state index in [4.69, 9.17) is 0 Å². The summed E-state index contributed by atoms with van der Waals surface area (Å²) < 4.78 is 0. The molecule has 0 bridgehead atoms. The van der Waals surface area contributed by atoms with E-state index < -0.39 is 16.7 Å². The average Bonchev–Trinajstić information content (AvgIpc) is 2.55. The summed E-state index contributed by atoms with van der Waals surface area (Å²) in [4.78, 5) is 37.8. The van der Waals surface area contributed by atoms with Crippen LogP contribution in [0, 0.1) is 17.0 Å². The molecule has 8 nitrogen and oxygen atoms in total. The first-order valence-corrected chi connectivity index (χ1v) is 6.70. The first-order chi connectivity index (χ1) is 11.0. The molecule has 2 aromatic rings. The summed E-state index contributed by atoms with van der Waals surface area (Å²) in [5.41, 5.74) is 1.17. The molecule has 0 spiro atoms. The molecule has 0 aliphatic rings. The molecule has 2 N–H and O–H groups in total. The number of carbonyl (C=O) groups excluding carboxylic acids is 2. The fraction of sp³-hybridized carbons (Fsp3) is 0.133. The van der Waals surface area contributed by atoms with Crippen LogP contribution in [-0.4, -0.2) is 21.7 Å². The van der Waals surface area contributed by atoms with Crippen molar-refractivity contribution in [1.82, 2.24) is 10.3 Å². The SMILES string of the molecule is Cc1ccc(NC(=O)C(=O)NCc2ccncc2)c([N+](=O)[O-])c1. The second-order valence-corrected chi connectivity index (χ2v) is 4.77. The Morgan fingerprint density at radius 2 is 1.87 bits per heavy atom. The monoisotopic (exact) mass is 314 g/mol. The Hall–Kier alpha value is -3.29. The van der Waals surface area contributed by atoms with Crippen molar-refractivity contribution in [2.24, 2.45) is 0 Å². The van der Waals surface area contributed by atoms with Crippen LogP contribution in [0.2, 0.25) is 0 Å². The van der Waals surface area contributed by atoms with Gasteiger partial charge >= 0.3 is 11.8 Å². The van der Waals surface area contributed by atoms with Crippen LogP contribution in [0.4, 0.5) is 11.4 Å². The third kappa shape index (κ3) is 4.34. The smallest absolute Gasteiger partial charge is 0.313 e. The van der Waals surface area contributed by atoms with E-state index in [1.54, 1.807) is 37.5 Å². The summed E-state index contributed by atoms with van der Waals surface area (Å²) in [5.74, 6) is -1.84. The third-order valence-electron chi connectivity index (χ3n) is 3.01. The topological polar surface area (TPSA) is 114 Å². The molecular weight excluding hydrogens is 300 g/mol. The number of nitrogens with zero attached hydrogens (tertiary/aromatic N) is 2. The molecule has 0 aliphatic heterocycles. The highest BCUT2D eigenvalue weighted by Gasteiger charge is 2.19. The molecule has 0 atom stereocenters. The number of hydrogen-bond donors (Lipinski definition) is 2. The predicted octanol–water partition coefficient (Wildman–Crippen LogP) is 1.55. The summed E-state index contributed by atoms with van der Waals surface area (Å²) in [6.07, 6.45) is 3.13. The Balaban J connectivity index is 2.01. The Bertz CT molecular complexity index is 746. The molecule has 0 aliphatic carbocycles. The standard InChI is InChI=1S/C15H14N4O4/c1-10-2-3-12(13(8-10)19(22)23)18-15(21)14(20)17-9-11-4-6-16-7-5-11/h2-8H,9H2,1H3,(H,17,20)(H,18,21). The van der Waals surface area contributed by atoms with Gasteiger partial charge in [0.05, 0.1) is 4.92 Å². The number of carbonyl (C=O) groups is 2. The van der Waals surface area contributed by atoms with Gasteiger partial charge in [-0.2, -0.15) is 0 Å². The Morgan fingerprint density at radius 1 is 1.17 bits per heavy atom. The summed E-state index contributed by atoms with van der Waals surface area (Å²) in [6.45, 7) is 1.85. The molecule has 0 unspecified atom stereocenters. The Labute approximate surface area is 131 Å². The van der Waals surface area contributed by atoms with Crippen LogP contribution in [0.1, 0.15) is 11.1 Å². The summed E-state index contributed by atoms with van der Waals surface area (Å²) in [6, 6.07) is 7.72. The summed E-state index contributed by atoms with van der Waals surface area (Å²) in [7, 11) is 0. The lowest BCUT2D eigenvalue weighted by Gasteiger charge is -2.07. The number of aryl methyl sites for hydroxylation is 1. The van der Waals surface area contributed by atoms with Crippen molar-refractivity contribution < 1.29 is 14.5 Å². The maximum Gasteiger partial charge on any atom is 0.313 e. The van der Waals surface area contributed by atoms with E-state index in [1.807, 2.05) is 0 Å². The molecule has 118 valence electrons. The quantitative estimate of drug-likeness (QED) is 0.505. The van der Waals surface area contributed by atoms with E-state index in [0.29, 0.717) is 5.56 Å². The van der Waals surface area contributed by atoms with E-state index in [9.17, 15) is 19.7 Å². The number of nitro benzene ring substituents is 1. The summed E-state index contributed by atoms with van der Waals surface area (Å²) in [5, 5.41) is 15.7. The fourth-order valence-corrected chi connectivity index (χ4v) is 1.84. The zero-order chi connectivity index (χ0) is 16.8. The third-order valence-corrected chi connectivity index (χ3v) is 3.01. The zero-order valence-electron chi connectivity index (χ0n) is 12.3. The lowest BCUT2D eigenvalue weighted by atomic mass is 10.2. The minimum Gasteiger partial charge on any atom is -0.344 e. The van der Waals surface area contributed by atoms with Crippen molar-refractivity contribution in [2.75, 3.05) is 5.32 Å². The molecule has 23 heavy (non-hydrogen) atoms. The van der Waals surface area contributed by atoms with E-state index >= 15 is 0 Å². The lowest BCUT2D eigenvalue weighted by molar-refractivity contribution is -0.384. The molecule has 0 saturated heterocycles. The number of anilines is 1. The number of amides is 2. The molecule has 2 rings (SSSR count). The van der Waals surface area contributed by atoms with Crippen LogP contribution < -0.4 is 10.6 Å². The van der Waals surface area contributed by atoms with E-state index in [-0.39, 0.29) is 17.9 Å². The zero-order valence-corrected chi connectivity index (χ0v) is 12.3. The lowest BCUT2D eigenvalue weighted by Crippen LogP contribution is -2.35. The van der Waals surface area contributed by atoms with Crippen LogP contribution in [0.3, 0.4) is 0 Å². The van der Waals surface area contributed by atoms with Gasteiger partial charge in [-0.05, 0) is 36.2 Å². The molecule has 2 amide bonds. The van der Waals surface area contributed by atoms with Gasteiger partial charge in [-0.25, -0.2) is 0 Å². The molecule has 8 heteroatoms. The average molecular weight is 314 g/mol. The van der Waals surface area contributed by atoms with Crippen molar-refractivity contribution >= 4 is 23.2 Å². The van der Waals surface area contributed by atoms with E-state index in [1.165, 1.54) is 12.1 Å². The van der Waals surface area contributed by atoms with Crippen molar-refractivity contribution in [1.29, 1.82) is 0 Å². The van der Waals surface area contributed by atoms with Crippen LogP contribution in [-0.2, 0) is 16.1 Å². The molecule has 0 saturated carbocycles. The largest absolute Gasteiger partial charge is 0.344 e. The molecule has 1 aromatic heterocycles. The minimum absolute atomic E-state index is 0.0235. The highest BCUT2D eigenvalue weighted by molar-refractivity contribution is 6.39. The number of rotatable bonds is 4. The minimum atomic E-state index is -0.967. The van der Waals surface area contributed by atoms with Gasteiger partial charge in [0, 0.05) is 25.0 Å². The van der Waals surface area contributed by atoms with E-state index in [0.717, 1.165) is 5.56 Å². The maximum atomic E-state index is 11.8. The number of benzene rings is 1. The first-order valence-electron chi connectivity index (χ1n) is 6.70. The summed E-state index contributed by atoms with van der Waals surface area (Å²) >= 11 is 0. The Kier molecular flexibility index (Phi) is 4.98. The van der Waals surface area contributed by atoms with Gasteiger partial charge in [0.1, 0.15) is 5.69 Å². The second-order valence-electron chi connectivity index (χ2n) is 4.77. The number of aromatic nitrogens is 1. The van der Waals surface area contributed by atoms with Crippen LogP contribution in [0.5, 0.6) is 0 Å². The van der Waals surface area contributed by atoms with E-state index in [2.05, 4.69) is 15.6 Å². The highest BCUT2D eigenvalue weighted by Crippen LogP contribution is 2.25. The van der Waals surface area contributed by atoms with Gasteiger partial charge in [0.25, 0.3) is 5.69 Å². The second kappa shape index (κ2) is 7.12. The highest BCUT2D eigenvalue weighted by atomic mass is 16.6. The number of nitrogens with one attached hydrogen (secondary N) is 2. The van der Waals surface area contributed by atoms with Gasteiger partial charge in [0.2, 0.25) is 0 Å². The van der Waals surface area contributed by atoms with Crippen LogP contribution in [0.25, 0.3) is 0 Å². The number of nitro groups is 1. The molecule has 0 fully saturated rings. The predicted molar refractivity (Wildman–Crippen MR) is 82.5 cm³/mol. The van der Waals surface area contributed by atoms with Gasteiger partial charge in [-0.1, -0.05) is 6.07 Å². The van der Waals surface area contributed by atoms with Crippen molar-refractivity contribution in [3.8, 4) is 0 Å². The normalized spacial score (nSPS) is 9.96. The maximum absolute atomic E-state index is 11.8. The molecule has 1 heterocycles. The van der Waals surface area contributed by atoms with Gasteiger partial charge in [-0.15, -0.1) is 0 Å².